The summed E-state index contributed by atoms with van der Waals surface area (Å²) in [5.74, 6) is 0.743. The molecular weight excluding hydrogens is 302 g/mol. The number of para-hydroxylation sites is 1. The van der Waals surface area contributed by atoms with Gasteiger partial charge in [-0.2, -0.15) is 5.26 Å². The molecule has 4 heteroatoms. The molecule has 0 saturated carbocycles. The first-order valence-corrected chi connectivity index (χ1v) is 11.3. The second-order valence-corrected chi connectivity index (χ2v) is 11.3. The van der Waals surface area contributed by atoms with E-state index < -0.39 is 13.9 Å². The van der Waals surface area contributed by atoms with Crippen molar-refractivity contribution in [2.24, 2.45) is 0 Å². The molecule has 0 spiro atoms. The fourth-order valence-corrected chi connectivity index (χ4v) is 4.35. The number of hydrogen-bond donors (Lipinski definition) is 0. The van der Waals surface area contributed by atoms with E-state index in [1.54, 1.807) is 0 Å². The fourth-order valence-electron chi connectivity index (χ4n) is 3.07. The molecule has 3 nitrogen and oxygen atoms in total. The molecule has 1 heterocycles. The lowest BCUT2D eigenvalue weighted by atomic mass is 9.84. The summed E-state index contributed by atoms with van der Waals surface area (Å²) in [5, 5.41) is 10.0. The van der Waals surface area contributed by atoms with Gasteiger partial charge >= 0.3 is 0 Å². The summed E-state index contributed by atoms with van der Waals surface area (Å²) in [5.41, 5.74) is 0.970. The summed E-state index contributed by atoms with van der Waals surface area (Å²) in [6, 6.07) is 20.2. The fraction of sp³-hybridized carbons (Fsp3) is 0.316. The molecule has 2 aromatic carbocycles. The average molecular weight is 323 g/mol. The Balaban J connectivity index is 2.09. The van der Waals surface area contributed by atoms with E-state index in [1.807, 2.05) is 54.6 Å². The number of benzene rings is 2. The molecule has 23 heavy (non-hydrogen) atoms. The molecule has 2 unspecified atom stereocenters. The third-order valence-corrected chi connectivity index (χ3v) is 4.86. The maximum atomic E-state index is 10.0. The SMILES string of the molecule is C[Si](C)(C)OC1(C#N)CC(c2ccccc2)Oc2ccccc21. The predicted molar refractivity (Wildman–Crippen MR) is 92.6 cm³/mol. The molecule has 0 aliphatic carbocycles. The molecule has 0 fully saturated rings. The number of nitrogens with zero attached hydrogens (tertiary/aromatic N) is 1. The minimum Gasteiger partial charge on any atom is -0.485 e. The summed E-state index contributed by atoms with van der Waals surface area (Å²) in [7, 11) is -1.92. The van der Waals surface area contributed by atoms with E-state index in [0.29, 0.717) is 6.42 Å². The number of ether oxygens (including phenoxy) is 1. The van der Waals surface area contributed by atoms with Gasteiger partial charge in [0, 0.05) is 12.0 Å². The number of nitriles is 1. The molecule has 0 saturated heterocycles. The Labute approximate surface area is 138 Å². The van der Waals surface area contributed by atoms with Crippen LogP contribution in [0.2, 0.25) is 19.6 Å². The Morgan fingerprint density at radius 2 is 1.74 bits per heavy atom. The standard InChI is InChI=1S/C19H21NO2Si/c1-23(2,3)22-19(14-20)13-18(15-9-5-4-6-10-15)21-17-12-8-7-11-16(17)19/h4-12,18H,13H2,1-3H3. The van der Waals surface area contributed by atoms with Crippen LogP contribution in [0.15, 0.2) is 54.6 Å². The van der Waals surface area contributed by atoms with Crippen LogP contribution in [0.3, 0.4) is 0 Å². The van der Waals surface area contributed by atoms with Gasteiger partial charge in [-0.1, -0.05) is 48.5 Å². The molecule has 0 aromatic heterocycles. The van der Waals surface area contributed by atoms with Crippen LogP contribution in [0.1, 0.15) is 23.7 Å². The minimum absolute atomic E-state index is 0.179. The van der Waals surface area contributed by atoms with Crippen LogP contribution in [0.25, 0.3) is 0 Å². The third-order valence-electron chi connectivity index (χ3n) is 3.90. The lowest BCUT2D eigenvalue weighted by molar-refractivity contribution is 0.0265. The number of hydrogen-bond acceptors (Lipinski definition) is 3. The highest BCUT2D eigenvalue weighted by atomic mass is 28.4. The highest BCUT2D eigenvalue weighted by molar-refractivity contribution is 6.69. The number of fused-ring (bicyclic) bond motifs is 1. The predicted octanol–water partition coefficient (Wildman–Crippen LogP) is 4.78. The van der Waals surface area contributed by atoms with Gasteiger partial charge in [0.25, 0.3) is 0 Å². The maximum Gasteiger partial charge on any atom is 0.186 e. The van der Waals surface area contributed by atoms with Gasteiger partial charge < -0.3 is 9.16 Å². The van der Waals surface area contributed by atoms with Crippen LogP contribution in [0.5, 0.6) is 5.75 Å². The van der Waals surface area contributed by atoms with Crippen LogP contribution in [-0.2, 0) is 10.0 Å². The Hall–Kier alpha value is -2.09. The van der Waals surface area contributed by atoms with Gasteiger partial charge in [0.05, 0.1) is 0 Å². The first-order chi connectivity index (χ1) is 10.9. The quantitative estimate of drug-likeness (QED) is 0.763. The molecule has 1 aliphatic heterocycles. The van der Waals surface area contributed by atoms with Crippen molar-refractivity contribution in [3.8, 4) is 11.8 Å². The minimum atomic E-state index is -1.92. The Morgan fingerprint density at radius 1 is 1.09 bits per heavy atom. The second kappa shape index (κ2) is 5.84. The van der Waals surface area contributed by atoms with Crippen molar-refractivity contribution in [1.82, 2.24) is 0 Å². The van der Waals surface area contributed by atoms with Gasteiger partial charge in [0.2, 0.25) is 0 Å². The van der Waals surface area contributed by atoms with Crippen LogP contribution in [0, 0.1) is 11.3 Å². The van der Waals surface area contributed by atoms with Crippen LogP contribution in [0.4, 0.5) is 0 Å². The van der Waals surface area contributed by atoms with Crippen molar-refractivity contribution in [2.45, 2.75) is 37.8 Å². The zero-order chi connectivity index (χ0) is 16.5. The first-order valence-electron chi connectivity index (χ1n) is 7.86. The molecule has 0 N–H and O–H groups in total. The topological polar surface area (TPSA) is 42.2 Å². The van der Waals surface area contributed by atoms with Gasteiger partial charge in [0.15, 0.2) is 13.9 Å². The van der Waals surface area contributed by atoms with Crippen LogP contribution >= 0.6 is 0 Å². The van der Waals surface area contributed by atoms with E-state index in [0.717, 1.165) is 16.9 Å². The van der Waals surface area contributed by atoms with Gasteiger partial charge in [-0.15, -0.1) is 0 Å². The van der Waals surface area contributed by atoms with Crippen molar-refractivity contribution >= 4 is 8.32 Å². The van der Waals surface area contributed by atoms with Crippen molar-refractivity contribution in [3.05, 3.63) is 65.7 Å². The van der Waals surface area contributed by atoms with Gasteiger partial charge in [-0.25, -0.2) is 0 Å². The van der Waals surface area contributed by atoms with E-state index in [2.05, 4.69) is 25.7 Å². The summed E-state index contributed by atoms with van der Waals surface area (Å²) in [4.78, 5) is 0. The second-order valence-electron chi connectivity index (χ2n) is 6.87. The largest absolute Gasteiger partial charge is 0.485 e. The molecule has 2 atom stereocenters. The summed E-state index contributed by atoms with van der Waals surface area (Å²) < 4.78 is 12.6. The normalized spacial score (nSPS) is 23.5. The van der Waals surface area contributed by atoms with E-state index >= 15 is 0 Å². The lowest BCUT2D eigenvalue weighted by Crippen LogP contribution is -2.43. The van der Waals surface area contributed by atoms with E-state index in [1.165, 1.54) is 0 Å². The van der Waals surface area contributed by atoms with E-state index in [9.17, 15) is 5.26 Å². The van der Waals surface area contributed by atoms with Gasteiger partial charge in [-0.05, 0) is 31.3 Å². The summed E-state index contributed by atoms with van der Waals surface area (Å²) in [6.45, 7) is 6.34. The molecular formula is C19H21NO2Si. The molecule has 0 amide bonds. The van der Waals surface area contributed by atoms with Crippen molar-refractivity contribution in [2.75, 3.05) is 0 Å². The van der Waals surface area contributed by atoms with Crippen molar-refractivity contribution in [3.63, 3.8) is 0 Å². The molecule has 0 bridgehead atoms. The zero-order valence-corrected chi connectivity index (χ0v) is 14.7. The molecule has 3 rings (SSSR count). The molecule has 1 aliphatic rings. The number of rotatable bonds is 3. The van der Waals surface area contributed by atoms with Crippen LogP contribution < -0.4 is 4.74 Å². The third kappa shape index (κ3) is 3.17. The maximum absolute atomic E-state index is 10.0. The monoisotopic (exact) mass is 323 g/mol. The highest BCUT2D eigenvalue weighted by Crippen LogP contribution is 2.47. The summed E-state index contributed by atoms with van der Waals surface area (Å²) >= 11 is 0. The average Bonchev–Trinajstić information content (AvgIpc) is 2.54. The molecule has 118 valence electrons. The van der Waals surface area contributed by atoms with Gasteiger partial charge in [0.1, 0.15) is 17.9 Å². The van der Waals surface area contributed by atoms with Crippen molar-refractivity contribution < 1.29 is 9.16 Å². The smallest absolute Gasteiger partial charge is 0.186 e. The Morgan fingerprint density at radius 3 is 2.39 bits per heavy atom. The molecule has 2 aromatic rings. The van der Waals surface area contributed by atoms with E-state index in [-0.39, 0.29) is 6.10 Å². The van der Waals surface area contributed by atoms with Gasteiger partial charge in [-0.3, -0.25) is 0 Å². The zero-order valence-electron chi connectivity index (χ0n) is 13.7. The Bertz CT molecular complexity index is 733. The van der Waals surface area contributed by atoms with Crippen LogP contribution in [-0.4, -0.2) is 8.32 Å². The van der Waals surface area contributed by atoms with E-state index in [4.69, 9.17) is 9.16 Å². The molecule has 0 radical (unpaired) electrons. The highest BCUT2D eigenvalue weighted by Gasteiger charge is 2.46. The van der Waals surface area contributed by atoms with Crippen molar-refractivity contribution in [1.29, 1.82) is 5.26 Å². The lowest BCUT2D eigenvalue weighted by Gasteiger charge is -2.41. The first kappa shape index (κ1) is 15.8. The summed E-state index contributed by atoms with van der Waals surface area (Å²) in [6.07, 6.45) is 0.330. The Kier molecular flexibility index (Phi) is 4.01.